The molecule has 2 nitrogen and oxygen atoms in total. The highest BCUT2D eigenvalue weighted by Gasteiger charge is 2.10. The highest BCUT2D eigenvalue weighted by molar-refractivity contribution is 7.78. The predicted octanol–water partition coefficient (Wildman–Crippen LogP) is 2.37. The van der Waals surface area contributed by atoms with Crippen LogP contribution in [0.5, 0.6) is 0 Å². The van der Waals surface area contributed by atoms with Crippen LogP contribution in [0.3, 0.4) is 0 Å². The Balaban J connectivity index is 4.22. The van der Waals surface area contributed by atoms with Crippen molar-refractivity contribution in [3.05, 3.63) is 9.52 Å². The van der Waals surface area contributed by atoms with Gasteiger partial charge >= 0.3 is 5.97 Å². The van der Waals surface area contributed by atoms with E-state index in [2.05, 4.69) is 17.0 Å². The molecule has 0 unspecified atom stereocenters. The van der Waals surface area contributed by atoms with E-state index >= 15 is 0 Å². The van der Waals surface area contributed by atoms with Gasteiger partial charge in [0.25, 0.3) is 0 Å². The van der Waals surface area contributed by atoms with Gasteiger partial charge in [0.15, 0.2) is 10.6 Å². The van der Waals surface area contributed by atoms with Crippen LogP contribution < -0.4 is 0 Å². The van der Waals surface area contributed by atoms with E-state index < -0.39 is 5.97 Å². The number of thiocarbonyl (C=S) groups is 1. The van der Waals surface area contributed by atoms with Crippen molar-refractivity contribution in [1.82, 2.24) is 0 Å². The molecule has 0 aliphatic carbocycles. The fourth-order valence-electron chi connectivity index (χ4n) is 0.173. The molecule has 0 aromatic rings. The summed E-state index contributed by atoms with van der Waals surface area (Å²) in [5.74, 6) is -0.864. The van der Waals surface area contributed by atoms with E-state index in [-0.39, 0.29) is 9.52 Å². The molecule has 0 saturated carbocycles. The first-order valence-corrected chi connectivity index (χ1v) is 3.55. The number of halogens is 3. The lowest BCUT2D eigenvalue weighted by atomic mass is 10.6. The maximum absolute atomic E-state index is 10.5. The topological polar surface area (TPSA) is 26.3 Å². The molecule has 0 amide bonds. The minimum Gasteiger partial charge on any atom is -0.418 e. The van der Waals surface area contributed by atoms with Gasteiger partial charge in [-0.25, -0.2) is 4.79 Å². The third-order valence-electron chi connectivity index (χ3n) is 0.500. The van der Waals surface area contributed by atoms with E-state index in [1.165, 1.54) is 0 Å². The van der Waals surface area contributed by atoms with Gasteiger partial charge in [0.2, 0.25) is 0 Å². The molecule has 0 N–H and O–H groups in total. The van der Waals surface area contributed by atoms with Crippen LogP contribution in [0.25, 0.3) is 0 Å². The summed E-state index contributed by atoms with van der Waals surface area (Å²) < 4.78 is 3.81. The van der Waals surface area contributed by atoms with Crippen molar-refractivity contribution in [3.63, 3.8) is 0 Å². The molecule has 6 heteroatoms. The Morgan fingerprint density at radius 3 is 2.20 bits per heavy atom. The average Bonchev–Trinajstić information content (AvgIpc) is 1.87. The standard InChI is InChI=1S/C4HCl3O2S/c5-2(3(6)7)4(8)9-1-10/h1H. The van der Waals surface area contributed by atoms with Crippen molar-refractivity contribution in [2.75, 3.05) is 0 Å². The fraction of sp³-hybridized carbons (Fsp3) is 0. The Labute approximate surface area is 77.7 Å². The Bertz CT molecular complexity index is 185. The lowest BCUT2D eigenvalue weighted by molar-refractivity contribution is -0.129. The summed E-state index contributed by atoms with van der Waals surface area (Å²) in [7, 11) is 0. The molecule has 56 valence electrons. The molecule has 0 spiro atoms. The first kappa shape index (κ1) is 10.2. The van der Waals surface area contributed by atoms with Gasteiger partial charge < -0.3 is 4.74 Å². The van der Waals surface area contributed by atoms with E-state index in [1.807, 2.05) is 0 Å². The van der Waals surface area contributed by atoms with Gasteiger partial charge in [-0.3, -0.25) is 0 Å². The number of rotatable bonds is 2. The van der Waals surface area contributed by atoms with Crippen LogP contribution in [0.1, 0.15) is 0 Å². The van der Waals surface area contributed by atoms with Gasteiger partial charge in [-0.05, 0) is 12.2 Å². The monoisotopic (exact) mass is 218 g/mol. The Kier molecular flexibility index (Phi) is 4.99. The van der Waals surface area contributed by atoms with Gasteiger partial charge in [0.05, 0.1) is 0 Å². The summed E-state index contributed by atoms with van der Waals surface area (Å²) in [5.41, 5.74) is 0.765. The molecule has 0 heterocycles. The molecule has 0 saturated heterocycles. The summed E-state index contributed by atoms with van der Waals surface area (Å²) >= 11 is 19.7. The predicted molar refractivity (Wildman–Crippen MR) is 44.3 cm³/mol. The zero-order chi connectivity index (χ0) is 8.15. The van der Waals surface area contributed by atoms with Crippen LogP contribution in [0.2, 0.25) is 0 Å². The van der Waals surface area contributed by atoms with E-state index in [4.69, 9.17) is 34.8 Å². The van der Waals surface area contributed by atoms with Crippen LogP contribution in [0, 0.1) is 0 Å². The van der Waals surface area contributed by atoms with Crippen molar-refractivity contribution in [3.8, 4) is 0 Å². The maximum atomic E-state index is 10.5. The summed E-state index contributed by atoms with van der Waals surface area (Å²) in [6, 6.07) is 0. The average molecular weight is 219 g/mol. The summed E-state index contributed by atoms with van der Waals surface area (Å²) in [6.45, 7) is 0. The van der Waals surface area contributed by atoms with Gasteiger partial charge in [-0.2, -0.15) is 0 Å². The Morgan fingerprint density at radius 1 is 1.40 bits per heavy atom. The second-order valence-electron chi connectivity index (χ2n) is 1.08. The van der Waals surface area contributed by atoms with E-state index in [9.17, 15) is 4.79 Å². The number of carbonyl (C=O) groups excluding carboxylic acids is 1. The number of carbonyl (C=O) groups is 1. The fourth-order valence-corrected chi connectivity index (χ4v) is 0.459. The first-order valence-electron chi connectivity index (χ1n) is 1.95. The smallest absolute Gasteiger partial charge is 0.357 e. The number of esters is 1. The molecule has 0 fully saturated rings. The lowest BCUT2D eigenvalue weighted by Gasteiger charge is -1.93. The highest BCUT2D eigenvalue weighted by atomic mass is 35.5. The normalized spacial score (nSPS) is 8.30. The van der Waals surface area contributed by atoms with Crippen molar-refractivity contribution >= 4 is 58.5 Å². The van der Waals surface area contributed by atoms with Crippen LogP contribution in [-0.2, 0) is 9.53 Å². The molecular formula is C4HCl3O2S. The Hall–Kier alpha value is 0.170. The second-order valence-corrected chi connectivity index (χ2v) is 2.60. The SMILES string of the molecule is O=C(OC=S)C(Cl)=C(Cl)Cl. The lowest BCUT2D eigenvalue weighted by Crippen LogP contribution is -2.01. The second kappa shape index (κ2) is 4.91. The third-order valence-corrected chi connectivity index (χ3v) is 1.51. The maximum Gasteiger partial charge on any atom is 0.357 e. The van der Waals surface area contributed by atoms with E-state index in [0.717, 1.165) is 5.55 Å². The van der Waals surface area contributed by atoms with Gasteiger partial charge in [-0.1, -0.05) is 34.8 Å². The highest BCUT2D eigenvalue weighted by Crippen LogP contribution is 2.18. The van der Waals surface area contributed by atoms with Crippen LogP contribution in [-0.4, -0.2) is 11.5 Å². The number of ether oxygens (including phenoxy) is 1. The van der Waals surface area contributed by atoms with Crippen molar-refractivity contribution in [1.29, 1.82) is 0 Å². The Morgan fingerprint density at radius 2 is 1.90 bits per heavy atom. The van der Waals surface area contributed by atoms with Crippen molar-refractivity contribution in [2.45, 2.75) is 0 Å². The number of hydrogen-bond donors (Lipinski definition) is 0. The molecule has 0 aromatic carbocycles. The zero-order valence-electron chi connectivity index (χ0n) is 4.44. The molecule has 0 atom stereocenters. The third kappa shape index (κ3) is 3.37. The first-order chi connectivity index (χ1) is 4.59. The molecule has 0 aliphatic rings. The number of hydrogen-bond acceptors (Lipinski definition) is 3. The van der Waals surface area contributed by atoms with Crippen LogP contribution >= 0.6 is 47.0 Å². The molecule has 0 aliphatic heterocycles. The molecule has 0 aromatic heterocycles. The summed E-state index contributed by atoms with van der Waals surface area (Å²) in [4.78, 5) is 10.5. The summed E-state index contributed by atoms with van der Waals surface area (Å²) in [6.07, 6.45) is 0. The van der Waals surface area contributed by atoms with Crippen LogP contribution in [0.4, 0.5) is 0 Å². The van der Waals surface area contributed by atoms with Gasteiger partial charge in [0, 0.05) is 0 Å². The minimum atomic E-state index is -0.864. The molecular weight excluding hydrogens is 218 g/mol. The minimum absolute atomic E-state index is 0.344. The quantitative estimate of drug-likeness (QED) is 0.405. The molecule has 10 heavy (non-hydrogen) atoms. The van der Waals surface area contributed by atoms with Crippen molar-refractivity contribution < 1.29 is 9.53 Å². The van der Waals surface area contributed by atoms with Crippen molar-refractivity contribution in [2.24, 2.45) is 0 Å². The molecule has 0 radical (unpaired) electrons. The molecule has 0 rings (SSSR count). The van der Waals surface area contributed by atoms with E-state index in [1.54, 1.807) is 0 Å². The zero-order valence-corrected chi connectivity index (χ0v) is 7.52. The van der Waals surface area contributed by atoms with Gasteiger partial charge in [-0.15, -0.1) is 0 Å². The summed E-state index contributed by atoms with van der Waals surface area (Å²) in [5, 5.41) is -0.385. The van der Waals surface area contributed by atoms with Crippen LogP contribution in [0.15, 0.2) is 9.52 Å². The largest absolute Gasteiger partial charge is 0.418 e. The van der Waals surface area contributed by atoms with Gasteiger partial charge in [0.1, 0.15) is 4.49 Å². The van der Waals surface area contributed by atoms with E-state index in [0.29, 0.717) is 0 Å². The molecule has 0 bridgehead atoms.